The zero-order chi connectivity index (χ0) is 27.8. The van der Waals surface area contributed by atoms with Crippen LogP contribution in [-0.2, 0) is 19.2 Å². The van der Waals surface area contributed by atoms with Gasteiger partial charge in [0.1, 0.15) is 12.1 Å². The number of carbonyl (C=O) groups is 5. The number of urea groups is 1. The van der Waals surface area contributed by atoms with Crippen molar-refractivity contribution in [2.75, 3.05) is 6.54 Å². The van der Waals surface area contributed by atoms with E-state index in [1.165, 1.54) is 0 Å². The number of nitrogens with one attached hydrogen (secondary N) is 3. The van der Waals surface area contributed by atoms with Gasteiger partial charge in [0.15, 0.2) is 0 Å². The van der Waals surface area contributed by atoms with Crippen LogP contribution in [0, 0.1) is 29.1 Å². The van der Waals surface area contributed by atoms with Crippen LogP contribution in [0.2, 0.25) is 0 Å². The third-order valence-electron chi connectivity index (χ3n) is 9.52. The van der Waals surface area contributed by atoms with E-state index >= 15 is 0 Å². The molecule has 212 valence electrons. The maximum absolute atomic E-state index is 14.1. The Kier molecular flexibility index (Phi) is 8.37. The van der Waals surface area contributed by atoms with Gasteiger partial charge in [-0.25, -0.2) is 4.79 Å². The number of hydrogen-bond donors (Lipinski definition) is 4. The van der Waals surface area contributed by atoms with Crippen molar-refractivity contribution in [1.82, 2.24) is 20.9 Å². The Bertz CT molecular complexity index is 955. The van der Waals surface area contributed by atoms with Gasteiger partial charge in [-0.2, -0.15) is 0 Å². The molecule has 0 radical (unpaired) electrons. The summed E-state index contributed by atoms with van der Waals surface area (Å²) in [6.45, 7) is 8.35. The first-order valence-corrected chi connectivity index (χ1v) is 14.4. The quantitative estimate of drug-likeness (QED) is 0.317. The lowest BCUT2D eigenvalue weighted by Gasteiger charge is -2.37. The molecule has 0 aromatic carbocycles. The summed E-state index contributed by atoms with van der Waals surface area (Å²) in [5.41, 5.74) is 5.20. The molecule has 5 atom stereocenters. The minimum atomic E-state index is -1.06. The summed E-state index contributed by atoms with van der Waals surface area (Å²) in [5.74, 6) is -2.11. The van der Waals surface area contributed by atoms with Crippen LogP contribution in [0.3, 0.4) is 0 Å². The van der Waals surface area contributed by atoms with E-state index in [0.29, 0.717) is 13.0 Å². The SMILES string of the molecule is CC(C)NC(=O)N[C@H](C(=O)N1CC2C([C@H]1C(=O)NC(CC1CCC1)C(=O)C(N)=O)C2(C)C)C1CCCCC1. The maximum atomic E-state index is 14.1. The summed E-state index contributed by atoms with van der Waals surface area (Å²) in [5, 5.41) is 8.57. The highest BCUT2D eigenvalue weighted by Gasteiger charge is 2.69. The van der Waals surface area contributed by atoms with Crippen LogP contribution >= 0.6 is 0 Å². The molecule has 4 aliphatic rings. The monoisotopic (exact) mass is 531 g/mol. The standard InChI is InChI=1S/C28H45N5O5/c1-15(2)30-27(38)32-21(17-11-6-5-7-12-17)26(37)33-14-18-20(28(18,3)4)22(33)25(36)31-19(23(34)24(29)35)13-16-9-8-10-16/h15-22H,5-14H2,1-4H3,(H2,29,35)(H,31,36)(H2,30,32,38)/t18?,19?,20?,21-,22-/m0/s1. The summed E-state index contributed by atoms with van der Waals surface area (Å²) in [6, 6.07) is -2.92. The normalized spacial score (nSPS) is 28.0. The fourth-order valence-electron chi connectivity index (χ4n) is 7.01. The Morgan fingerprint density at radius 2 is 1.58 bits per heavy atom. The minimum absolute atomic E-state index is 0.00520. The first-order chi connectivity index (χ1) is 17.9. The number of amides is 5. The second kappa shape index (κ2) is 11.2. The molecule has 0 aromatic heterocycles. The van der Waals surface area contributed by atoms with Crippen LogP contribution < -0.4 is 21.7 Å². The number of Topliss-reactive ketones (excluding diaryl/α,β-unsaturated/α-hetero) is 1. The van der Waals surface area contributed by atoms with Gasteiger partial charge in [0.05, 0.1) is 6.04 Å². The molecule has 1 aliphatic heterocycles. The number of piperidine rings is 1. The molecule has 4 fully saturated rings. The molecule has 1 saturated heterocycles. The lowest BCUT2D eigenvalue weighted by atomic mass is 9.80. The molecule has 5 amide bonds. The second-order valence-corrected chi connectivity index (χ2v) is 12.9. The highest BCUT2D eigenvalue weighted by molar-refractivity contribution is 6.37. The van der Waals surface area contributed by atoms with Crippen molar-refractivity contribution in [2.45, 2.75) is 110 Å². The fourth-order valence-corrected chi connectivity index (χ4v) is 7.01. The van der Waals surface area contributed by atoms with Gasteiger partial charge in [-0.3, -0.25) is 19.2 Å². The molecule has 10 nitrogen and oxygen atoms in total. The number of fused-ring (bicyclic) bond motifs is 1. The molecular weight excluding hydrogens is 486 g/mol. The lowest BCUT2D eigenvalue weighted by molar-refractivity contribution is -0.144. The molecule has 10 heteroatoms. The third kappa shape index (κ3) is 5.83. The van der Waals surface area contributed by atoms with Crippen molar-refractivity contribution in [1.29, 1.82) is 0 Å². The Hall–Kier alpha value is -2.65. The largest absolute Gasteiger partial charge is 0.363 e. The molecule has 38 heavy (non-hydrogen) atoms. The fraction of sp³-hybridized carbons (Fsp3) is 0.821. The topological polar surface area (TPSA) is 151 Å². The number of nitrogens with two attached hydrogens (primary N) is 1. The van der Waals surface area contributed by atoms with Crippen LogP contribution in [0.4, 0.5) is 4.79 Å². The number of primary amides is 1. The van der Waals surface area contributed by atoms with E-state index in [9.17, 15) is 24.0 Å². The van der Waals surface area contributed by atoms with E-state index < -0.39 is 35.7 Å². The predicted molar refractivity (Wildman–Crippen MR) is 142 cm³/mol. The van der Waals surface area contributed by atoms with Gasteiger partial charge in [-0.15, -0.1) is 0 Å². The highest BCUT2D eigenvalue weighted by atomic mass is 16.2. The number of nitrogens with zero attached hydrogens (tertiary/aromatic N) is 1. The van der Waals surface area contributed by atoms with Crippen molar-refractivity contribution >= 4 is 29.5 Å². The third-order valence-corrected chi connectivity index (χ3v) is 9.52. The average molecular weight is 532 g/mol. The minimum Gasteiger partial charge on any atom is -0.363 e. The Morgan fingerprint density at radius 1 is 0.921 bits per heavy atom. The average Bonchev–Trinajstić information content (AvgIpc) is 3.16. The molecule has 3 unspecified atom stereocenters. The van der Waals surface area contributed by atoms with Crippen molar-refractivity contribution < 1.29 is 24.0 Å². The predicted octanol–water partition coefficient (Wildman–Crippen LogP) is 1.86. The zero-order valence-corrected chi connectivity index (χ0v) is 23.3. The Morgan fingerprint density at radius 3 is 2.13 bits per heavy atom. The summed E-state index contributed by atoms with van der Waals surface area (Å²) >= 11 is 0. The first-order valence-electron chi connectivity index (χ1n) is 14.4. The van der Waals surface area contributed by atoms with Crippen molar-refractivity contribution in [2.24, 2.45) is 34.8 Å². The van der Waals surface area contributed by atoms with Crippen LogP contribution in [0.25, 0.3) is 0 Å². The molecule has 0 spiro atoms. The van der Waals surface area contributed by atoms with Gasteiger partial charge in [0, 0.05) is 12.6 Å². The van der Waals surface area contributed by atoms with Crippen LogP contribution in [0.5, 0.6) is 0 Å². The van der Waals surface area contributed by atoms with Crippen molar-refractivity contribution in [3.63, 3.8) is 0 Å². The number of hydrogen-bond acceptors (Lipinski definition) is 5. The molecular formula is C28H45N5O5. The first kappa shape index (κ1) is 28.4. The van der Waals surface area contributed by atoms with E-state index in [1.54, 1.807) is 4.90 Å². The van der Waals surface area contributed by atoms with Crippen LogP contribution in [-0.4, -0.2) is 65.1 Å². The number of rotatable bonds is 10. The van der Waals surface area contributed by atoms with Crippen LogP contribution in [0.1, 0.15) is 85.5 Å². The van der Waals surface area contributed by atoms with Gasteiger partial charge < -0.3 is 26.6 Å². The zero-order valence-electron chi connectivity index (χ0n) is 23.3. The second-order valence-electron chi connectivity index (χ2n) is 12.9. The molecule has 3 aliphatic carbocycles. The molecule has 3 saturated carbocycles. The van der Waals surface area contributed by atoms with E-state index in [2.05, 4.69) is 29.8 Å². The molecule has 4 rings (SSSR count). The van der Waals surface area contributed by atoms with E-state index in [4.69, 9.17) is 5.73 Å². The summed E-state index contributed by atoms with van der Waals surface area (Å²) in [7, 11) is 0. The van der Waals surface area contributed by atoms with Gasteiger partial charge in [0.2, 0.25) is 17.6 Å². The van der Waals surface area contributed by atoms with Gasteiger partial charge >= 0.3 is 6.03 Å². The van der Waals surface area contributed by atoms with E-state index in [-0.39, 0.29) is 47.1 Å². The summed E-state index contributed by atoms with van der Waals surface area (Å²) in [4.78, 5) is 66.5. The summed E-state index contributed by atoms with van der Waals surface area (Å²) in [6.07, 6.45) is 8.17. The molecule has 5 N–H and O–H groups in total. The molecule has 0 aromatic rings. The van der Waals surface area contributed by atoms with Crippen LogP contribution in [0.15, 0.2) is 0 Å². The van der Waals surface area contributed by atoms with Gasteiger partial charge in [0.25, 0.3) is 5.91 Å². The highest BCUT2D eigenvalue weighted by Crippen LogP contribution is 2.65. The maximum Gasteiger partial charge on any atom is 0.315 e. The van der Waals surface area contributed by atoms with Gasteiger partial charge in [-0.05, 0) is 62.2 Å². The smallest absolute Gasteiger partial charge is 0.315 e. The Labute approximate surface area is 225 Å². The molecule has 1 heterocycles. The Balaban J connectivity index is 1.55. The summed E-state index contributed by atoms with van der Waals surface area (Å²) < 4.78 is 0. The lowest BCUT2D eigenvalue weighted by Crippen LogP contribution is -2.60. The number of ketones is 1. The van der Waals surface area contributed by atoms with Gasteiger partial charge in [-0.1, -0.05) is 52.4 Å². The van der Waals surface area contributed by atoms with Crippen molar-refractivity contribution in [3.8, 4) is 0 Å². The molecule has 0 bridgehead atoms. The number of carbonyl (C=O) groups excluding carboxylic acids is 5. The van der Waals surface area contributed by atoms with Crippen molar-refractivity contribution in [3.05, 3.63) is 0 Å². The number of likely N-dealkylation sites (tertiary alicyclic amines) is 1. The van der Waals surface area contributed by atoms with E-state index in [0.717, 1.165) is 51.4 Å². The van der Waals surface area contributed by atoms with E-state index in [1.807, 2.05) is 13.8 Å².